The van der Waals surface area contributed by atoms with Crippen LogP contribution in [-0.2, 0) is 0 Å². The predicted molar refractivity (Wildman–Crippen MR) is 62.8 cm³/mol. The minimum atomic E-state index is 0.645. The molecule has 2 heterocycles. The van der Waals surface area contributed by atoms with Crippen molar-refractivity contribution >= 4 is 0 Å². The molecule has 1 fully saturated rings. The SMILES string of the molecule is CCCN1CCC[C@@H]1c1ccnc(C)c1. The fourth-order valence-electron chi connectivity index (χ4n) is 2.53. The molecule has 2 nitrogen and oxygen atoms in total. The van der Waals surface area contributed by atoms with Gasteiger partial charge < -0.3 is 0 Å². The number of hydrogen-bond acceptors (Lipinski definition) is 2. The van der Waals surface area contributed by atoms with E-state index < -0.39 is 0 Å². The lowest BCUT2D eigenvalue weighted by Crippen LogP contribution is -2.24. The molecule has 1 aliphatic heterocycles. The van der Waals surface area contributed by atoms with Gasteiger partial charge in [0.05, 0.1) is 0 Å². The number of aromatic nitrogens is 1. The normalized spacial score (nSPS) is 22.1. The van der Waals surface area contributed by atoms with Gasteiger partial charge in [-0.2, -0.15) is 0 Å². The van der Waals surface area contributed by atoms with Crippen molar-refractivity contribution in [3.63, 3.8) is 0 Å². The molecule has 0 N–H and O–H groups in total. The van der Waals surface area contributed by atoms with Crippen LogP contribution in [0.5, 0.6) is 0 Å². The van der Waals surface area contributed by atoms with Crippen molar-refractivity contribution in [3.8, 4) is 0 Å². The van der Waals surface area contributed by atoms with Gasteiger partial charge in [-0.25, -0.2) is 0 Å². The lowest BCUT2D eigenvalue weighted by atomic mass is 10.1. The molecule has 0 bridgehead atoms. The summed E-state index contributed by atoms with van der Waals surface area (Å²) in [5.74, 6) is 0. The van der Waals surface area contributed by atoms with Crippen LogP contribution in [0.1, 0.15) is 43.5 Å². The predicted octanol–water partition coefficient (Wildman–Crippen LogP) is 2.94. The fourth-order valence-corrected chi connectivity index (χ4v) is 2.53. The highest BCUT2D eigenvalue weighted by Crippen LogP contribution is 2.31. The molecule has 0 aromatic carbocycles. The zero-order chi connectivity index (χ0) is 10.7. The fraction of sp³-hybridized carbons (Fsp3) is 0.615. The number of nitrogens with zero attached hydrogens (tertiary/aromatic N) is 2. The molecule has 2 heteroatoms. The van der Waals surface area contributed by atoms with E-state index in [1.807, 2.05) is 6.20 Å². The molecule has 0 radical (unpaired) electrons. The number of aryl methyl sites for hydroxylation is 1. The van der Waals surface area contributed by atoms with E-state index >= 15 is 0 Å². The van der Waals surface area contributed by atoms with Gasteiger partial charge in [-0.05, 0) is 57.0 Å². The molecule has 1 aromatic heterocycles. The molecule has 1 saturated heterocycles. The highest BCUT2D eigenvalue weighted by atomic mass is 15.2. The van der Waals surface area contributed by atoms with Crippen LogP contribution in [0.15, 0.2) is 18.3 Å². The topological polar surface area (TPSA) is 16.1 Å². The first kappa shape index (κ1) is 10.6. The third kappa shape index (κ3) is 2.37. The molecular weight excluding hydrogens is 184 g/mol. The summed E-state index contributed by atoms with van der Waals surface area (Å²) in [4.78, 5) is 6.87. The highest BCUT2D eigenvalue weighted by molar-refractivity contribution is 5.20. The monoisotopic (exact) mass is 204 g/mol. The van der Waals surface area contributed by atoms with Crippen LogP contribution in [0, 0.1) is 6.92 Å². The summed E-state index contributed by atoms with van der Waals surface area (Å²) < 4.78 is 0. The summed E-state index contributed by atoms with van der Waals surface area (Å²) in [6, 6.07) is 5.05. The second kappa shape index (κ2) is 4.75. The second-order valence-corrected chi connectivity index (χ2v) is 4.42. The van der Waals surface area contributed by atoms with Gasteiger partial charge in [0.2, 0.25) is 0 Å². The van der Waals surface area contributed by atoms with Crippen LogP contribution < -0.4 is 0 Å². The smallest absolute Gasteiger partial charge is 0.0375 e. The van der Waals surface area contributed by atoms with Crippen LogP contribution in [-0.4, -0.2) is 23.0 Å². The van der Waals surface area contributed by atoms with Crippen LogP contribution >= 0.6 is 0 Å². The van der Waals surface area contributed by atoms with Crippen molar-refractivity contribution in [2.75, 3.05) is 13.1 Å². The Morgan fingerprint density at radius 2 is 2.40 bits per heavy atom. The first-order chi connectivity index (χ1) is 7.31. The first-order valence-corrected chi connectivity index (χ1v) is 5.98. The summed E-state index contributed by atoms with van der Waals surface area (Å²) in [5, 5.41) is 0. The molecule has 0 saturated carbocycles. The Morgan fingerprint density at radius 3 is 3.13 bits per heavy atom. The summed E-state index contributed by atoms with van der Waals surface area (Å²) in [5.41, 5.74) is 2.59. The van der Waals surface area contributed by atoms with Crippen molar-refractivity contribution in [2.45, 2.75) is 39.2 Å². The quantitative estimate of drug-likeness (QED) is 0.752. The Balaban J connectivity index is 2.15. The Morgan fingerprint density at radius 1 is 1.53 bits per heavy atom. The van der Waals surface area contributed by atoms with Crippen molar-refractivity contribution in [2.24, 2.45) is 0 Å². The third-order valence-corrected chi connectivity index (χ3v) is 3.18. The summed E-state index contributed by atoms with van der Waals surface area (Å²) in [7, 11) is 0. The van der Waals surface area contributed by atoms with Crippen molar-refractivity contribution < 1.29 is 0 Å². The van der Waals surface area contributed by atoms with Gasteiger partial charge >= 0.3 is 0 Å². The molecule has 2 rings (SSSR count). The third-order valence-electron chi connectivity index (χ3n) is 3.18. The van der Waals surface area contributed by atoms with Crippen molar-refractivity contribution in [1.82, 2.24) is 9.88 Å². The van der Waals surface area contributed by atoms with E-state index in [-0.39, 0.29) is 0 Å². The van der Waals surface area contributed by atoms with Crippen LogP contribution in [0.2, 0.25) is 0 Å². The van der Waals surface area contributed by atoms with E-state index in [9.17, 15) is 0 Å². The molecule has 1 atom stereocenters. The average molecular weight is 204 g/mol. The van der Waals surface area contributed by atoms with E-state index in [1.165, 1.54) is 37.9 Å². The molecule has 82 valence electrons. The van der Waals surface area contributed by atoms with Crippen LogP contribution in [0.25, 0.3) is 0 Å². The van der Waals surface area contributed by atoms with Gasteiger partial charge in [-0.3, -0.25) is 9.88 Å². The largest absolute Gasteiger partial charge is 0.296 e. The zero-order valence-electron chi connectivity index (χ0n) is 9.74. The Bertz CT molecular complexity index is 322. The number of rotatable bonds is 3. The molecule has 15 heavy (non-hydrogen) atoms. The Hall–Kier alpha value is -0.890. The summed E-state index contributed by atoms with van der Waals surface area (Å²) in [6.07, 6.45) is 5.84. The summed E-state index contributed by atoms with van der Waals surface area (Å²) in [6.45, 7) is 6.82. The molecular formula is C13H20N2. The average Bonchev–Trinajstić information content (AvgIpc) is 2.66. The van der Waals surface area contributed by atoms with Gasteiger partial charge in [0.1, 0.15) is 0 Å². The molecule has 0 aliphatic carbocycles. The minimum Gasteiger partial charge on any atom is -0.296 e. The number of pyridine rings is 1. The van der Waals surface area contributed by atoms with Crippen molar-refractivity contribution in [3.05, 3.63) is 29.6 Å². The van der Waals surface area contributed by atoms with Crippen molar-refractivity contribution in [1.29, 1.82) is 0 Å². The molecule has 1 aromatic rings. The zero-order valence-corrected chi connectivity index (χ0v) is 9.74. The van der Waals surface area contributed by atoms with E-state index in [0.717, 1.165) is 5.69 Å². The highest BCUT2D eigenvalue weighted by Gasteiger charge is 2.24. The van der Waals surface area contributed by atoms with Crippen LogP contribution in [0.4, 0.5) is 0 Å². The van der Waals surface area contributed by atoms with Crippen LogP contribution in [0.3, 0.4) is 0 Å². The molecule has 1 aliphatic rings. The Kier molecular flexibility index (Phi) is 3.37. The van der Waals surface area contributed by atoms with E-state index in [2.05, 4.69) is 35.9 Å². The van der Waals surface area contributed by atoms with E-state index in [4.69, 9.17) is 0 Å². The maximum atomic E-state index is 4.26. The van der Waals surface area contributed by atoms with Gasteiger partial charge in [-0.1, -0.05) is 6.92 Å². The number of hydrogen-bond donors (Lipinski definition) is 0. The summed E-state index contributed by atoms with van der Waals surface area (Å²) >= 11 is 0. The van der Waals surface area contributed by atoms with E-state index in [0.29, 0.717) is 6.04 Å². The van der Waals surface area contributed by atoms with Gasteiger partial charge in [0.15, 0.2) is 0 Å². The Labute approximate surface area is 92.3 Å². The lowest BCUT2D eigenvalue weighted by Gasteiger charge is -2.24. The second-order valence-electron chi connectivity index (χ2n) is 4.42. The van der Waals surface area contributed by atoms with E-state index in [1.54, 1.807) is 0 Å². The van der Waals surface area contributed by atoms with Gasteiger partial charge in [-0.15, -0.1) is 0 Å². The molecule has 0 spiro atoms. The lowest BCUT2D eigenvalue weighted by molar-refractivity contribution is 0.257. The maximum Gasteiger partial charge on any atom is 0.0375 e. The first-order valence-electron chi connectivity index (χ1n) is 5.98. The number of likely N-dealkylation sites (tertiary alicyclic amines) is 1. The van der Waals surface area contributed by atoms with Gasteiger partial charge in [0.25, 0.3) is 0 Å². The standard InChI is InChI=1S/C13H20N2/c1-3-8-15-9-4-5-13(15)12-6-7-14-11(2)10-12/h6-7,10,13H,3-5,8-9H2,1-2H3/t13-/m1/s1. The van der Waals surface area contributed by atoms with Gasteiger partial charge in [0, 0.05) is 17.9 Å². The molecule has 0 unspecified atom stereocenters. The maximum absolute atomic E-state index is 4.26. The molecule has 0 amide bonds. The minimum absolute atomic E-state index is 0.645.